The third-order valence-electron chi connectivity index (χ3n) is 4.15. The van der Waals surface area contributed by atoms with Crippen LogP contribution in [0.3, 0.4) is 0 Å². The minimum absolute atomic E-state index is 0. The molecule has 0 bridgehead atoms. The topological polar surface area (TPSA) is 20.2 Å². The van der Waals surface area contributed by atoms with Gasteiger partial charge in [0.25, 0.3) is 0 Å². The maximum absolute atomic E-state index is 11.2. The van der Waals surface area contributed by atoms with E-state index in [-0.39, 0.29) is 24.0 Å². The second kappa shape index (κ2) is 6.95. The summed E-state index contributed by atoms with van der Waals surface area (Å²) in [4.78, 5) is 0. The lowest BCUT2D eigenvalue weighted by Gasteiger charge is -2.43. The zero-order chi connectivity index (χ0) is 14.1. The zero-order valence-electron chi connectivity index (χ0n) is 12.6. The number of quaternary nitrogens is 1. The summed E-state index contributed by atoms with van der Waals surface area (Å²) in [6.07, 6.45) is 4.29. The van der Waals surface area contributed by atoms with Crippen LogP contribution in [-0.2, 0) is 5.60 Å². The van der Waals surface area contributed by atoms with Gasteiger partial charge in [0.15, 0.2) is 0 Å². The number of benzene rings is 1. The normalized spacial score (nSPS) is 26.9. The van der Waals surface area contributed by atoms with E-state index < -0.39 is 5.60 Å². The fourth-order valence-electron chi connectivity index (χ4n) is 3.25. The zero-order valence-corrected chi connectivity index (χ0v) is 15.5. The molecule has 1 N–H and O–H groups in total. The van der Waals surface area contributed by atoms with Crippen LogP contribution < -0.4 is 24.0 Å². The Morgan fingerprint density at radius 2 is 1.80 bits per heavy atom. The highest BCUT2D eigenvalue weighted by Crippen LogP contribution is 2.42. The molecule has 0 amide bonds. The summed E-state index contributed by atoms with van der Waals surface area (Å²) in [6.45, 7) is 0.999. The molecule has 0 heterocycles. The number of hydrogen-bond acceptors (Lipinski definition) is 1. The molecular formula is C16H25ClINO. The molecule has 1 fully saturated rings. The van der Waals surface area contributed by atoms with Gasteiger partial charge in [-0.05, 0) is 30.5 Å². The molecule has 20 heavy (non-hydrogen) atoms. The maximum atomic E-state index is 11.2. The Hall–Kier alpha value is 0.160. The third-order valence-corrected chi connectivity index (χ3v) is 4.40. The van der Waals surface area contributed by atoms with Gasteiger partial charge in [-0.25, -0.2) is 0 Å². The monoisotopic (exact) mass is 409 g/mol. The van der Waals surface area contributed by atoms with Crippen molar-refractivity contribution in [2.75, 3.05) is 27.7 Å². The summed E-state index contributed by atoms with van der Waals surface area (Å²) in [6, 6.07) is 7.73. The van der Waals surface area contributed by atoms with Crippen molar-refractivity contribution in [1.82, 2.24) is 0 Å². The molecule has 0 spiro atoms. The Morgan fingerprint density at radius 3 is 2.35 bits per heavy atom. The van der Waals surface area contributed by atoms with Crippen LogP contribution in [0.25, 0.3) is 0 Å². The van der Waals surface area contributed by atoms with Crippen LogP contribution in [0.5, 0.6) is 0 Å². The van der Waals surface area contributed by atoms with Gasteiger partial charge in [0.1, 0.15) is 0 Å². The van der Waals surface area contributed by atoms with Crippen LogP contribution in [0.2, 0.25) is 5.02 Å². The Morgan fingerprint density at radius 1 is 1.20 bits per heavy atom. The predicted molar refractivity (Wildman–Crippen MR) is 80.2 cm³/mol. The molecule has 114 valence electrons. The maximum Gasteiger partial charge on any atom is 0.0978 e. The van der Waals surface area contributed by atoms with Gasteiger partial charge >= 0.3 is 0 Å². The summed E-state index contributed by atoms with van der Waals surface area (Å²) < 4.78 is 0.889. The fraction of sp³-hybridized carbons (Fsp3) is 0.625. The largest absolute Gasteiger partial charge is 1.00 e. The number of halogens is 2. The average Bonchev–Trinajstić information content (AvgIpc) is 2.31. The Bertz CT molecular complexity index is 429. The van der Waals surface area contributed by atoms with E-state index in [1.54, 1.807) is 0 Å². The van der Waals surface area contributed by atoms with Crippen molar-refractivity contribution in [1.29, 1.82) is 0 Å². The van der Waals surface area contributed by atoms with Crippen LogP contribution in [-0.4, -0.2) is 37.3 Å². The molecule has 0 saturated heterocycles. The summed E-state index contributed by atoms with van der Waals surface area (Å²) in [5.74, 6) is 0.322. The van der Waals surface area contributed by atoms with Crippen LogP contribution >= 0.6 is 11.6 Å². The Kier molecular flexibility index (Phi) is 6.32. The minimum Gasteiger partial charge on any atom is -1.00 e. The van der Waals surface area contributed by atoms with E-state index in [1.807, 2.05) is 24.3 Å². The van der Waals surface area contributed by atoms with E-state index in [9.17, 15) is 5.11 Å². The molecule has 1 aromatic carbocycles. The molecule has 2 unspecified atom stereocenters. The van der Waals surface area contributed by atoms with E-state index in [4.69, 9.17) is 11.6 Å². The smallest absolute Gasteiger partial charge is 0.0978 e. The lowest BCUT2D eigenvalue weighted by atomic mass is 9.71. The first-order chi connectivity index (χ1) is 8.81. The van der Waals surface area contributed by atoms with Gasteiger partial charge in [-0.3, -0.25) is 0 Å². The summed E-state index contributed by atoms with van der Waals surface area (Å²) in [5, 5.41) is 11.9. The second-order valence-electron chi connectivity index (χ2n) is 6.85. The molecule has 2 nitrogen and oxygen atoms in total. The lowest BCUT2D eigenvalue weighted by Crippen LogP contribution is -3.00. The molecule has 0 aromatic heterocycles. The van der Waals surface area contributed by atoms with E-state index in [0.717, 1.165) is 40.9 Å². The van der Waals surface area contributed by atoms with E-state index in [0.29, 0.717) is 5.92 Å². The molecule has 2 atom stereocenters. The number of nitrogens with zero attached hydrogens (tertiary/aromatic N) is 1. The van der Waals surface area contributed by atoms with Crippen molar-refractivity contribution in [3.05, 3.63) is 34.9 Å². The summed E-state index contributed by atoms with van der Waals surface area (Å²) in [7, 11) is 6.57. The van der Waals surface area contributed by atoms with Crippen LogP contribution in [0.15, 0.2) is 24.3 Å². The van der Waals surface area contributed by atoms with E-state index in [1.165, 1.54) is 6.42 Å². The number of aliphatic hydroxyl groups is 1. The highest BCUT2D eigenvalue weighted by molar-refractivity contribution is 6.30. The molecular weight excluding hydrogens is 385 g/mol. The molecule has 1 aliphatic carbocycles. The van der Waals surface area contributed by atoms with Crippen molar-refractivity contribution in [3.63, 3.8) is 0 Å². The van der Waals surface area contributed by atoms with Crippen LogP contribution in [0.1, 0.15) is 31.2 Å². The third kappa shape index (κ3) is 4.33. The van der Waals surface area contributed by atoms with Crippen molar-refractivity contribution < 1.29 is 33.6 Å². The fourth-order valence-corrected chi connectivity index (χ4v) is 3.38. The second-order valence-corrected chi connectivity index (χ2v) is 7.28. The highest BCUT2D eigenvalue weighted by Gasteiger charge is 2.42. The molecule has 1 aliphatic rings. The Labute approximate surface area is 144 Å². The van der Waals surface area contributed by atoms with Gasteiger partial charge in [-0.15, -0.1) is 0 Å². The highest BCUT2D eigenvalue weighted by atomic mass is 127. The van der Waals surface area contributed by atoms with E-state index in [2.05, 4.69) is 21.1 Å². The Balaban J connectivity index is 0.00000200. The van der Waals surface area contributed by atoms with Gasteiger partial charge in [0.05, 0.1) is 33.3 Å². The number of hydrogen-bond donors (Lipinski definition) is 1. The SMILES string of the molecule is C[N+](C)(C)CC1CCCCC1(O)c1ccc(Cl)cc1.[I-]. The van der Waals surface area contributed by atoms with Gasteiger partial charge < -0.3 is 33.6 Å². The first-order valence-electron chi connectivity index (χ1n) is 7.10. The van der Waals surface area contributed by atoms with Gasteiger partial charge in [0.2, 0.25) is 0 Å². The number of rotatable bonds is 3. The van der Waals surface area contributed by atoms with E-state index >= 15 is 0 Å². The first-order valence-corrected chi connectivity index (χ1v) is 7.48. The van der Waals surface area contributed by atoms with Crippen molar-refractivity contribution in [2.24, 2.45) is 5.92 Å². The van der Waals surface area contributed by atoms with Gasteiger partial charge in [-0.2, -0.15) is 0 Å². The standard InChI is InChI=1S/C16H25ClNO.HI/c1-18(2,3)12-14-6-4-5-11-16(14,19)13-7-9-15(17)10-8-13;/h7-10,14,19H,4-6,11-12H2,1-3H3;1H/q+1;/p-1. The van der Waals surface area contributed by atoms with Crippen molar-refractivity contribution in [3.8, 4) is 0 Å². The van der Waals surface area contributed by atoms with Crippen molar-refractivity contribution in [2.45, 2.75) is 31.3 Å². The minimum atomic E-state index is -0.686. The van der Waals surface area contributed by atoms with Crippen molar-refractivity contribution >= 4 is 11.6 Å². The molecule has 1 saturated carbocycles. The van der Waals surface area contributed by atoms with Crippen LogP contribution in [0.4, 0.5) is 0 Å². The summed E-state index contributed by atoms with van der Waals surface area (Å²) in [5.41, 5.74) is 0.337. The lowest BCUT2D eigenvalue weighted by molar-refractivity contribution is -0.875. The molecule has 0 aliphatic heterocycles. The average molecular weight is 410 g/mol. The molecule has 2 rings (SSSR count). The molecule has 1 aromatic rings. The van der Waals surface area contributed by atoms with Crippen LogP contribution in [0, 0.1) is 5.92 Å². The molecule has 4 heteroatoms. The first kappa shape index (κ1) is 18.2. The molecule has 0 radical (unpaired) electrons. The quantitative estimate of drug-likeness (QED) is 0.567. The predicted octanol–water partition coefficient (Wildman–Crippen LogP) is 0.428. The van der Waals surface area contributed by atoms with Gasteiger partial charge in [-0.1, -0.05) is 36.6 Å². The van der Waals surface area contributed by atoms with Gasteiger partial charge in [0, 0.05) is 10.9 Å². The summed E-state index contributed by atoms with van der Waals surface area (Å²) >= 11 is 5.95.